The zero-order chi connectivity index (χ0) is 14.9. The molecule has 2 aromatic rings. The van der Waals surface area contributed by atoms with Crippen molar-refractivity contribution < 1.29 is 0 Å². The summed E-state index contributed by atoms with van der Waals surface area (Å²) in [6.45, 7) is 4.88. The highest BCUT2D eigenvalue weighted by Crippen LogP contribution is 2.38. The number of aryl methyl sites for hydroxylation is 1. The summed E-state index contributed by atoms with van der Waals surface area (Å²) in [5.41, 5.74) is 1.15. The number of anilines is 2. The minimum atomic E-state index is 0.625. The molecule has 1 aliphatic heterocycles. The van der Waals surface area contributed by atoms with E-state index in [4.69, 9.17) is 0 Å². The molecule has 1 saturated heterocycles. The van der Waals surface area contributed by atoms with Gasteiger partial charge < -0.3 is 10.2 Å². The lowest BCUT2D eigenvalue weighted by molar-refractivity contribution is 0.425. The Morgan fingerprint density at radius 3 is 2.73 bits per heavy atom. The number of hydrogen-bond acceptors (Lipinski definition) is 6. The molecule has 0 radical (unpaired) electrons. The Bertz CT molecular complexity index is 646. The van der Waals surface area contributed by atoms with E-state index in [1.54, 1.807) is 6.20 Å². The largest absolute Gasteiger partial charge is 0.370 e. The highest BCUT2D eigenvalue weighted by molar-refractivity contribution is 5.42. The molecule has 1 saturated carbocycles. The first kappa shape index (κ1) is 13.4. The molecule has 2 aliphatic rings. The van der Waals surface area contributed by atoms with Crippen LogP contribution in [0.25, 0.3) is 0 Å². The number of nitrogens with one attached hydrogen (secondary N) is 1. The van der Waals surface area contributed by atoms with Crippen LogP contribution in [-0.4, -0.2) is 39.8 Å². The van der Waals surface area contributed by atoms with Crippen LogP contribution in [0.3, 0.4) is 0 Å². The molecular weight excluding hydrogens is 276 g/mol. The van der Waals surface area contributed by atoms with Gasteiger partial charge in [0.2, 0.25) is 0 Å². The van der Waals surface area contributed by atoms with Crippen molar-refractivity contribution in [3.05, 3.63) is 35.9 Å². The Morgan fingerprint density at radius 1 is 1.18 bits per heavy atom. The first-order chi connectivity index (χ1) is 10.8. The van der Waals surface area contributed by atoms with E-state index in [2.05, 4.69) is 42.5 Å². The quantitative estimate of drug-likeness (QED) is 0.910. The maximum Gasteiger partial charge on any atom is 0.151 e. The molecule has 6 heteroatoms. The lowest BCUT2D eigenvalue weighted by atomic mass is 10.0. The first-order valence-electron chi connectivity index (χ1n) is 7.90. The summed E-state index contributed by atoms with van der Waals surface area (Å²) < 4.78 is 0. The third-order valence-corrected chi connectivity index (χ3v) is 4.30. The highest BCUT2D eigenvalue weighted by atomic mass is 15.3. The average molecular weight is 296 g/mol. The van der Waals surface area contributed by atoms with E-state index in [-0.39, 0.29) is 0 Å². The van der Waals surface area contributed by atoms with Crippen molar-refractivity contribution in [3.8, 4) is 0 Å². The molecular formula is C16H20N6. The molecule has 22 heavy (non-hydrogen) atoms. The molecule has 114 valence electrons. The van der Waals surface area contributed by atoms with Crippen molar-refractivity contribution in [1.29, 1.82) is 0 Å². The van der Waals surface area contributed by atoms with Crippen molar-refractivity contribution in [2.24, 2.45) is 5.92 Å². The van der Waals surface area contributed by atoms with Crippen molar-refractivity contribution in [2.45, 2.75) is 25.7 Å². The van der Waals surface area contributed by atoms with Crippen molar-refractivity contribution in [1.82, 2.24) is 20.2 Å². The van der Waals surface area contributed by atoms with Crippen molar-refractivity contribution in [2.75, 3.05) is 29.9 Å². The molecule has 0 bridgehead atoms. The second kappa shape index (κ2) is 5.51. The third kappa shape index (κ3) is 2.86. The molecule has 0 aromatic carbocycles. The van der Waals surface area contributed by atoms with Gasteiger partial charge in [-0.1, -0.05) is 0 Å². The summed E-state index contributed by atoms with van der Waals surface area (Å²) in [7, 11) is 0. The molecule has 2 aromatic heterocycles. The highest BCUT2D eigenvalue weighted by Gasteiger charge is 2.29. The molecule has 3 heterocycles. The Labute approximate surface area is 130 Å². The molecule has 1 aliphatic carbocycles. The van der Waals surface area contributed by atoms with E-state index >= 15 is 0 Å². The fourth-order valence-electron chi connectivity index (χ4n) is 2.79. The third-order valence-electron chi connectivity index (χ3n) is 4.30. The number of nitrogens with zero attached hydrogens (tertiary/aromatic N) is 5. The predicted octanol–water partition coefficient (Wildman–Crippen LogP) is 2.00. The second-order valence-corrected chi connectivity index (χ2v) is 6.23. The van der Waals surface area contributed by atoms with Crippen molar-refractivity contribution in [3.63, 3.8) is 0 Å². The number of rotatable bonds is 5. The van der Waals surface area contributed by atoms with Crippen LogP contribution in [0.1, 0.15) is 30.3 Å². The van der Waals surface area contributed by atoms with Gasteiger partial charge in [0, 0.05) is 37.7 Å². The molecule has 4 rings (SSSR count). The fourth-order valence-corrected chi connectivity index (χ4v) is 2.79. The van der Waals surface area contributed by atoms with Crippen LogP contribution in [0, 0.1) is 12.8 Å². The van der Waals surface area contributed by atoms with Gasteiger partial charge in [0.05, 0.1) is 5.69 Å². The molecule has 6 nitrogen and oxygen atoms in total. The molecule has 0 atom stereocenters. The van der Waals surface area contributed by atoms with E-state index < -0.39 is 0 Å². The van der Waals surface area contributed by atoms with E-state index in [1.807, 2.05) is 13.0 Å². The first-order valence-corrected chi connectivity index (χ1v) is 7.90. The Hall–Kier alpha value is -2.24. The van der Waals surface area contributed by atoms with Gasteiger partial charge in [0.15, 0.2) is 5.82 Å². The van der Waals surface area contributed by atoms with E-state index in [0.717, 1.165) is 42.8 Å². The molecule has 2 fully saturated rings. The van der Waals surface area contributed by atoms with Crippen LogP contribution >= 0.6 is 0 Å². The van der Waals surface area contributed by atoms with Crippen LogP contribution in [0.4, 0.5) is 11.6 Å². The van der Waals surface area contributed by atoms with Gasteiger partial charge in [-0.25, -0.2) is 9.97 Å². The van der Waals surface area contributed by atoms with Gasteiger partial charge in [-0.2, -0.15) is 5.10 Å². The molecule has 1 N–H and O–H groups in total. The maximum absolute atomic E-state index is 4.36. The maximum atomic E-state index is 4.36. The van der Waals surface area contributed by atoms with E-state index in [9.17, 15) is 0 Å². The van der Waals surface area contributed by atoms with Crippen molar-refractivity contribution >= 4 is 11.6 Å². The topological polar surface area (TPSA) is 66.8 Å². The Balaban J connectivity index is 1.26. The molecule has 0 amide bonds. The summed E-state index contributed by atoms with van der Waals surface area (Å²) in [4.78, 5) is 10.7. The Morgan fingerprint density at radius 2 is 2.05 bits per heavy atom. The summed E-state index contributed by atoms with van der Waals surface area (Å²) in [6.07, 6.45) is 4.33. The summed E-state index contributed by atoms with van der Waals surface area (Å²) in [5, 5.41) is 12.1. The lowest BCUT2D eigenvalue weighted by Gasteiger charge is -2.40. The van der Waals surface area contributed by atoms with Gasteiger partial charge in [-0.15, -0.1) is 5.10 Å². The Kier molecular flexibility index (Phi) is 3.36. The van der Waals surface area contributed by atoms with Gasteiger partial charge in [-0.05, 0) is 38.0 Å². The van der Waals surface area contributed by atoms with E-state index in [1.165, 1.54) is 12.8 Å². The van der Waals surface area contributed by atoms with Gasteiger partial charge in [-0.3, -0.25) is 0 Å². The van der Waals surface area contributed by atoms with Crippen LogP contribution in [0.2, 0.25) is 0 Å². The molecule has 0 unspecified atom stereocenters. The molecule has 0 spiro atoms. The van der Waals surface area contributed by atoms with Crippen LogP contribution in [0.5, 0.6) is 0 Å². The second-order valence-electron chi connectivity index (χ2n) is 6.23. The van der Waals surface area contributed by atoms with E-state index in [0.29, 0.717) is 11.8 Å². The van der Waals surface area contributed by atoms with Gasteiger partial charge in [0.1, 0.15) is 11.6 Å². The summed E-state index contributed by atoms with van der Waals surface area (Å²) in [5.74, 6) is 4.00. The van der Waals surface area contributed by atoms with Gasteiger partial charge in [0.25, 0.3) is 0 Å². The number of hydrogen-bond donors (Lipinski definition) is 1. The van der Waals surface area contributed by atoms with Crippen LogP contribution < -0.4 is 10.2 Å². The zero-order valence-electron chi connectivity index (χ0n) is 12.7. The smallest absolute Gasteiger partial charge is 0.151 e. The summed E-state index contributed by atoms with van der Waals surface area (Å²) >= 11 is 0. The zero-order valence-corrected chi connectivity index (χ0v) is 12.7. The predicted molar refractivity (Wildman–Crippen MR) is 85.0 cm³/mol. The minimum absolute atomic E-state index is 0.625. The normalized spacial score (nSPS) is 18.1. The van der Waals surface area contributed by atoms with Crippen LogP contribution in [-0.2, 0) is 0 Å². The monoisotopic (exact) mass is 296 g/mol. The average Bonchev–Trinajstić information content (AvgIpc) is 3.31. The van der Waals surface area contributed by atoms with Gasteiger partial charge >= 0.3 is 0 Å². The fraction of sp³-hybridized carbons (Fsp3) is 0.500. The van der Waals surface area contributed by atoms with Crippen LogP contribution in [0.15, 0.2) is 24.4 Å². The SMILES string of the molecule is Cc1nccc(NCC2CN(c3ccc(C4CC4)nn3)C2)n1. The lowest BCUT2D eigenvalue weighted by Crippen LogP contribution is -2.50. The standard InChI is InChI=1S/C16H20N6/c1-11-17-7-6-15(19-11)18-8-12-9-22(10-12)16-5-4-14(20-21-16)13-2-3-13/h4-7,12-13H,2-3,8-10H2,1H3,(H,17,18,19). The minimum Gasteiger partial charge on any atom is -0.370 e. The number of aromatic nitrogens is 4. The summed E-state index contributed by atoms with van der Waals surface area (Å²) in [6, 6.07) is 6.15.